The van der Waals surface area contributed by atoms with Crippen molar-refractivity contribution in [2.24, 2.45) is 0 Å². The molecule has 0 aliphatic rings. The van der Waals surface area contributed by atoms with E-state index in [0.717, 1.165) is 116 Å². The molecule has 0 aliphatic carbocycles. The number of allylic oxidation sites excluding steroid dienone is 20. The highest BCUT2D eigenvalue weighted by molar-refractivity contribution is 5.71. The second kappa shape index (κ2) is 65.3. The van der Waals surface area contributed by atoms with Crippen molar-refractivity contribution in [1.82, 2.24) is 0 Å². The summed E-state index contributed by atoms with van der Waals surface area (Å²) in [4.78, 5) is 38.3. The van der Waals surface area contributed by atoms with E-state index in [-0.39, 0.29) is 37.5 Å². The normalized spacial score (nSPS) is 12.9. The van der Waals surface area contributed by atoms with Crippen molar-refractivity contribution in [2.75, 3.05) is 13.2 Å². The van der Waals surface area contributed by atoms with Gasteiger partial charge >= 0.3 is 17.9 Å². The molecule has 0 fully saturated rings. The Morgan fingerprint density at radius 1 is 0.269 bits per heavy atom. The first-order valence-corrected chi connectivity index (χ1v) is 32.5. The molecule has 0 saturated carbocycles. The summed E-state index contributed by atoms with van der Waals surface area (Å²) in [6.07, 6.45) is 90.8. The SMILES string of the molecule is CC/C=C\C/C=C\C/C=C\C/C=C\C/C=C\C/C=C\C/C=C\CCCC(=O)OC(COC(=O)CCCCC/C=C\C/C=C\C/C=C\CC)COC(=O)CCCCCCCCCCCCCCCCCCCCCCCCCC. The quantitative estimate of drug-likeness (QED) is 0.0261. The van der Waals surface area contributed by atoms with E-state index in [9.17, 15) is 14.4 Å². The maximum Gasteiger partial charge on any atom is 0.306 e. The zero-order chi connectivity index (χ0) is 56.4. The number of hydrogen-bond acceptors (Lipinski definition) is 6. The number of ether oxygens (including phenoxy) is 3. The van der Waals surface area contributed by atoms with Crippen LogP contribution in [0.1, 0.15) is 297 Å². The van der Waals surface area contributed by atoms with Crippen molar-refractivity contribution in [3.05, 3.63) is 122 Å². The maximum absolute atomic E-state index is 12.9. The first kappa shape index (κ1) is 73.8. The van der Waals surface area contributed by atoms with Crippen molar-refractivity contribution in [2.45, 2.75) is 303 Å². The van der Waals surface area contributed by atoms with E-state index in [2.05, 4.69) is 142 Å². The van der Waals surface area contributed by atoms with Gasteiger partial charge in [0.05, 0.1) is 0 Å². The van der Waals surface area contributed by atoms with Crippen LogP contribution in [0.5, 0.6) is 0 Å². The first-order chi connectivity index (χ1) is 38.5. The van der Waals surface area contributed by atoms with Gasteiger partial charge in [-0.15, -0.1) is 0 Å². The van der Waals surface area contributed by atoms with Crippen LogP contribution in [-0.2, 0) is 28.6 Å². The van der Waals surface area contributed by atoms with Crippen LogP contribution in [0.2, 0.25) is 0 Å². The number of esters is 3. The van der Waals surface area contributed by atoms with Gasteiger partial charge in [0.25, 0.3) is 0 Å². The summed E-state index contributed by atoms with van der Waals surface area (Å²) in [5.41, 5.74) is 0. The topological polar surface area (TPSA) is 78.9 Å². The molecule has 1 atom stereocenters. The smallest absolute Gasteiger partial charge is 0.306 e. The second-order valence-electron chi connectivity index (χ2n) is 21.3. The minimum absolute atomic E-state index is 0.111. The fraction of sp³-hybridized carbons (Fsp3) is 0.681. The summed E-state index contributed by atoms with van der Waals surface area (Å²) in [5.74, 6) is -0.996. The molecule has 1 unspecified atom stereocenters. The van der Waals surface area contributed by atoms with Gasteiger partial charge in [-0.1, -0.05) is 296 Å². The number of unbranched alkanes of at least 4 members (excludes halogenated alkanes) is 27. The lowest BCUT2D eigenvalue weighted by Gasteiger charge is -2.18. The Kier molecular flexibility index (Phi) is 61.8. The molecule has 0 bridgehead atoms. The lowest BCUT2D eigenvalue weighted by Crippen LogP contribution is -2.30. The molecule has 0 aromatic carbocycles. The van der Waals surface area contributed by atoms with Crippen molar-refractivity contribution in [1.29, 1.82) is 0 Å². The van der Waals surface area contributed by atoms with Crippen molar-refractivity contribution in [3.8, 4) is 0 Å². The summed E-state index contributed by atoms with van der Waals surface area (Å²) >= 11 is 0. The van der Waals surface area contributed by atoms with Gasteiger partial charge in [-0.2, -0.15) is 0 Å². The largest absolute Gasteiger partial charge is 0.462 e. The Bertz CT molecular complexity index is 1620. The highest BCUT2D eigenvalue weighted by atomic mass is 16.6. The molecule has 0 spiro atoms. The number of carbonyl (C=O) groups is 3. The van der Waals surface area contributed by atoms with Gasteiger partial charge in [0.1, 0.15) is 13.2 Å². The highest BCUT2D eigenvalue weighted by Gasteiger charge is 2.19. The van der Waals surface area contributed by atoms with Gasteiger partial charge in [0.2, 0.25) is 0 Å². The third-order valence-electron chi connectivity index (χ3n) is 13.7. The van der Waals surface area contributed by atoms with Crippen LogP contribution in [0.3, 0.4) is 0 Å². The minimum Gasteiger partial charge on any atom is -0.462 e. The van der Waals surface area contributed by atoms with Gasteiger partial charge in [0, 0.05) is 19.3 Å². The predicted molar refractivity (Wildman–Crippen MR) is 339 cm³/mol. The average molecular weight is 1080 g/mol. The number of rotatable bonds is 58. The van der Waals surface area contributed by atoms with Crippen LogP contribution in [0, 0.1) is 0 Å². The summed E-state index contributed by atoms with van der Waals surface area (Å²) in [7, 11) is 0. The molecule has 0 N–H and O–H groups in total. The van der Waals surface area contributed by atoms with Crippen molar-refractivity contribution < 1.29 is 28.6 Å². The third-order valence-corrected chi connectivity index (χ3v) is 13.7. The van der Waals surface area contributed by atoms with Gasteiger partial charge in [0.15, 0.2) is 6.10 Å². The number of carbonyl (C=O) groups excluding carboxylic acids is 3. The predicted octanol–water partition coefficient (Wildman–Crippen LogP) is 22.4. The first-order valence-electron chi connectivity index (χ1n) is 32.5. The van der Waals surface area contributed by atoms with Gasteiger partial charge in [-0.05, 0) is 103 Å². The summed E-state index contributed by atoms with van der Waals surface area (Å²) < 4.78 is 16.8. The van der Waals surface area contributed by atoms with E-state index >= 15 is 0 Å². The summed E-state index contributed by atoms with van der Waals surface area (Å²) in [6, 6.07) is 0. The van der Waals surface area contributed by atoms with E-state index in [0.29, 0.717) is 19.3 Å². The molecule has 0 radical (unpaired) electrons. The molecule has 6 heteroatoms. The molecule has 0 saturated heterocycles. The zero-order valence-corrected chi connectivity index (χ0v) is 50.9. The van der Waals surface area contributed by atoms with Crippen LogP contribution in [0.25, 0.3) is 0 Å². The molecule has 0 rings (SSSR count). The van der Waals surface area contributed by atoms with Gasteiger partial charge in [-0.25, -0.2) is 0 Å². The van der Waals surface area contributed by atoms with E-state index in [4.69, 9.17) is 14.2 Å². The highest BCUT2D eigenvalue weighted by Crippen LogP contribution is 2.17. The lowest BCUT2D eigenvalue weighted by molar-refractivity contribution is -0.167. The van der Waals surface area contributed by atoms with Crippen LogP contribution in [0.4, 0.5) is 0 Å². The third kappa shape index (κ3) is 62.7. The molecule has 6 nitrogen and oxygen atoms in total. The van der Waals surface area contributed by atoms with Crippen LogP contribution in [0.15, 0.2) is 122 Å². The Morgan fingerprint density at radius 3 is 0.821 bits per heavy atom. The summed E-state index contributed by atoms with van der Waals surface area (Å²) in [6.45, 7) is 6.36. The van der Waals surface area contributed by atoms with Crippen LogP contribution >= 0.6 is 0 Å². The molecule has 0 amide bonds. The Labute approximate surface area is 482 Å². The van der Waals surface area contributed by atoms with Gasteiger partial charge in [-0.3, -0.25) is 14.4 Å². The summed E-state index contributed by atoms with van der Waals surface area (Å²) in [5, 5.41) is 0. The fourth-order valence-corrected chi connectivity index (χ4v) is 8.92. The average Bonchev–Trinajstić information content (AvgIpc) is 3.44. The number of hydrogen-bond donors (Lipinski definition) is 0. The fourth-order valence-electron chi connectivity index (χ4n) is 8.92. The van der Waals surface area contributed by atoms with Crippen molar-refractivity contribution >= 4 is 17.9 Å². The molecular formula is C72H120O6. The van der Waals surface area contributed by atoms with E-state index < -0.39 is 6.10 Å². The Hall–Kier alpha value is -4.19. The Balaban J connectivity index is 4.42. The van der Waals surface area contributed by atoms with Crippen LogP contribution in [-0.4, -0.2) is 37.2 Å². The molecule has 0 aromatic heterocycles. The van der Waals surface area contributed by atoms with E-state index in [1.54, 1.807) is 0 Å². The van der Waals surface area contributed by atoms with Crippen LogP contribution < -0.4 is 0 Å². The molecular weight excluding hydrogens is 961 g/mol. The standard InChI is InChI=1S/C72H120O6/c1-4-7-10-13-16-19-22-25-27-29-31-33-35-37-38-40-42-44-47-50-53-56-59-62-65-71(74)77-68-69(67-76-70(73)64-61-58-55-52-49-46-24-21-18-15-12-9-6-3)78-72(75)66-63-60-57-54-51-48-45-43-41-39-36-34-32-30-28-26-23-20-17-14-11-8-5-2/h8-9,11-12,17-18,20-21,26,28,32,34,39,41,45-46,48-49,54,57,69H,4-7,10,13-16,19,22-25,27,29-31,33,35-38,40,42-44,47,50-53,55-56,58-68H2,1-3H3/b11-8-,12-9-,20-17-,21-18-,28-26-,34-32-,41-39-,48-45-,49-46-,57-54-. The Morgan fingerprint density at radius 2 is 0.513 bits per heavy atom. The second-order valence-corrected chi connectivity index (χ2v) is 21.3. The minimum atomic E-state index is -0.824. The molecule has 0 aromatic rings. The molecule has 0 heterocycles. The molecule has 78 heavy (non-hydrogen) atoms. The lowest BCUT2D eigenvalue weighted by atomic mass is 10.0. The van der Waals surface area contributed by atoms with Gasteiger partial charge < -0.3 is 14.2 Å². The van der Waals surface area contributed by atoms with E-state index in [1.165, 1.54) is 135 Å². The monoisotopic (exact) mass is 1080 g/mol. The maximum atomic E-state index is 12.9. The van der Waals surface area contributed by atoms with E-state index in [1.807, 2.05) is 0 Å². The molecule has 444 valence electrons. The molecule has 0 aliphatic heterocycles. The zero-order valence-electron chi connectivity index (χ0n) is 50.9. The van der Waals surface area contributed by atoms with Crippen molar-refractivity contribution in [3.63, 3.8) is 0 Å².